The fourth-order valence-corrected chi connectivity index (χ4v) is 1.66. The molecule has 0 saturated heterocycles. The summed E-state index contributed by atoms with van der Waals surface area (Å²) in [7, 11) is 0. The molecule has 1 heterocycles. The number of rotatable bonds is 3. The number of pyridine rings is 1. The number of nitrogen functional groups attached to an aromatic ring is 1. The minimum atomic E-state index is -4.37. The molecule has 0 atom stereocenters. The largest absolute Gasteiger partial charge is 0.416 e. The molecular weight excluding hydrogens is 283 g/mol. The summed E-state index contributed by atoms with van der Waals surface area (Å²) in [5, 5.41) is 2.56. The molecule has 0 fully saturated rings. The average Bonchev–Trinajstić information content (AvgIpc) is 2.44. The van der Waals surface area contributed by atoms with E-state index in [1.54, 1.807) is 12.1 Å². The van der Waals surface area contributed by atoms with Crippen molar-refractivity contribution in [3.8, 4) is 0 Å². The molecule has 0 saturated carbocycles. The van der Waals surface area contributed by atoms with E-state index in [4.69, 9.17) is 5.73 Å². The third-order valence-electron chi connectivity index (χ3n) is 2.74. The fraction of sp³-hybridized carbons (Fsp3) is 0.143. The number of nitrogens with one attached hydrogen (secondary N) is 1. The van der Waals surface area contributed by atoms with Gasteiger partial charge < -0.3 is 11.1 Å². The Morgan fingerprint density at radius 1 is 1.14 bits per heavy atom. The molecule has 3 N–H and O–H groups in total. The molecule has 1 amide bonds. The highest BCUT2D eigenvalue weighted by molar-refractivity contribution is 5.92. The summed E-state index contributed by atoms with van der Waals surface area (Å²) in [5.74, 6) is -0.223. The standard InChI is InChI=1S/C14H12F3N3O/c15-14(16,17)10-6-4-9(5-7-10)8-19-13(21)11-2-1-3-12(18)20-11/h1-7H,8H2,(H2,18,20)(H,19,21). The number of hydrogen-bond donors (Lipinski definition) is 2. The second kappa shape index (κ2) is 5.82. The van der Waals surface area contributed by atoms with E-state index in [1.807, 2.05) is 0 Å². The van der Waals surface area contributed by atoms with E-state index in [-0.39, 0.29) is 18.1 Å². The van der Waals surface area contributed by atoms with Crippen LogP contribution in [0.5, 0.6) is 0 Å². The number of alkyl halides is 3. The predicted octanol–water partition coefficient (Wildman–Crippen LogP) is 2.61. The first kappa shape index (κ1) is 14.8. The summed E-state index contributed by atoms with van der Waals surface area (Å²) in [4.78, 5) is 15.6. The molecule has 110 valence electrons. The lowest BCUT2D eigenvalue weighted by atomic mass is 10.1. The SMILES string of the molecule is Nc1cccc(C(=O)NCc2ccc(C(F)(F)F)cc2)n1. The smallest absolute Gasteiger partial charge is 0.384 e. The molecule has 0 aliphatic carbocycles. The Balaban J connectivity index is 1.98. The Kier molecular flexibility index (Phi) is 4.11. The quantitative estimate of drug-likeness (QED) is 0.914. The fourth-order valence-electron chi connectivity index (χ4n) is 1.66. The van der Waals surface area contributed by atoms with Gasteiger partial charge in [-0.25, -0.2) is 4.98 Å². The number of nitrogens with two attached hydrogens (primary N) is 1. The topological polar surface area (TPSA) is 68.0 Å². The van der Waals surface area contributed by atoms with E-state index in [0.717, 1.165) is 12.1 Å². The Labute approximate surface area is 118 Å². The summed E-state index contributed by atoms with van der Waals surface area (Å²) in [5.41, 5.74) is 5.45. The zero-order chi connectivity index (χ0) is 15.5. The molecule has 0 spiro atoms. The molecular formula is C14H12F3N3O. The lowest BCUT2D eigenvalue weighted by Crippen LogP contribution is -2.24. The highest BCUT2D eigenvalue weighted by atomic mass is 19.4. The lowest BCUT2D eigenvalue weighted by molar-refractivity contribution is -0.137. The summed E-state index contributed by atoms with van der Waals surface area (Å²) in [6.45, 7) is 0.105. The predicted molar refractivity (Wildman–Crippen MR) is 71.3 cm³/mol. The molecule has 7 heteroatoms. The van der Waals surface area contributed by atoms with Gasteiger partial charge in [0.05, 0.1) is 5.56 Å². The van der Waals surface area contributed by atoms with Crippen molar-refractivity contribution < 1.29 is 18.0 Å². The van der Waals surface area contributed by atoms with Crippen LogP contribution in [0.2, 0.25) is 0 Å². The van der Waals surface area contributed by atoms with Crippen molar-refractivity contribution in [1.82, 2.24) is 10.3 Å². The third-order valence-corrected chi connectivity index (χ3v) is 2.74. The molecule has 1 aromatic carbocycles. The van der Waals surface area contributed by atoms with Crippen molar-refractivity contribution in [2.24, 2.45) is 0 Å². The molecule has 1 aromatic heterocycles. The van der Waals surface area contributed by atoms with Gasteiger partial charge in [-0.3, -0.25) is 4.79 Å². The van der Waals surface area contributed by atoms with Gasteiger partial charge in [0.25, 0.3) is 5.91 Å². The maximum absolute atomic E-state index is 12.4. The van der Waals surface area contributed by atoms with Gasteiger partial charge in [-0.15, -0.1) is 0 Å². The maximum Gasteiger partial charge on any atom is 0.416 e. The lowest BCUT2D eigenvalue weighted by Gasteiger charge is -2.08. The number of hydrogen-bond acceptors (Lipinski definition) is 3. The van der Waals surface area contributed by atoms with Crippen molar-refractivity contribution in [3.05, 3.63) is 59.3 Å². The number of aromatic nitrogens is 1. The average molecular weight is 295 g/mol. The molecule has 0 unspecified atom stereocenters. The first-order valence-corrected chi connectivity index (χ1v) is 6.03. The Morgan fingerprint density at radius 3 is 2.38 bits per heavy atom. The van der Waals surface area contributed by atoms with E-state index in [1.165, 1.54) is 18.2 Å². The first-order chi connectivity index (χ1) is 9.86. The molecule has 0 radical (unpaired) electrons. The van der Waals surface area contributed by atoms with E-state index < -0.39 is 17.6 Å². The van der Waals surface area contributed by atoms with E-state index in [0.29, 0.717) is 5.56 Å². The van der Waals surface area contributed by atoms with Crippen molar-refractivity contribution in [2.75, 3.05) is 5.73 Å². The number of halogens is 3. The molecule has 2 aromatic rings. The van der Waals surface area contributed by atoms with Gasteiger partial charge in [0.2, 0.25) is 0 Å². The summed E-state index contributed by atoms with van der Waals surface area (Å²) >= 11 is 0. The van der Waals surface area contributed by atoms with Gasteiger partial charge >= 0.3 is 6.18 Å². The number of carbonyl (C=O) groups is 1. The normalized spacial score (nSPS) is 11.2. The summed E-state index contributed by atoms with van der Waals surface area (Å²) < 4.78 is 37.2. The van der Waals surface area contributed by atoms with Crippen molar-refractivity contribution in [1.29, 1.82) is 0 Å². The number of carbonyl (C=O) groups excluding carboxylic acids is 1. The Bertz CT molecular complexity index is 639. The van der Waals surface area contributed by atoms with E-state index >= 15 is 0 Å². The first-order valence-electron chi connectivity index (χ1n) is 6.03. The van der Waals surface area contributed by atoms with Gasteiger partial charge in [-0.1, -0.05) is 18.2 Å². The molecule has 0 bridgehead atoms. The second-order valence-corrected chi connectivity index (χ2v) is 4.33. The van der Waals surface area contributed by atoms with Crippen LogP contribution in [0.1, 0.15) is 21.6 Å². The van der Waals surface area contributed by atoms with Crippen LogP contribution in [-0.2, 0) is 12.7 Å². The van der Waals surface area contributed by atoms with Crippen molar-refractivity contribution in [2.45, 2.75) is 12.7 Å². The third kappa shape index (κ3) is 3.95. The zero-order valence-electron chi connectivity index (χ0n) is 10.8. The Hall–Kier alpha value is -2.57. The van der Waals surface area contributed by atoms with E-state index in [9.17, 15) is 18.0 Å². The monoisotopic (exact) mass is 295 g/mol. The molecule has 21 heavy (non-hydrogen) atoms. The molecule has 0 aliphatic rings. The van der Waals surface area contributed by atoms with Gasteiger partial charge in [-0.05, 0) is 29.8 Å². The van der Waals surface area contributed by atoms with Crippen LogP contribution in [0.15, 0.2) is 42.5 Å². The van der Waals surface area contributed by atoms with Crippen LogP contribution in [0, 0.1) is 0 Å². The number of anilines is 1. The van der Waals surface area contributed by atoms with Crippen LogP contribution < -0.4 is 11.1 Å². The molecule has 4 nitrogen and oxygen atoms in total. The van der Waals surface area contributed by atoms with E-state index in [2.05, 4.69) is 10.3 Å². The summed E-state index contributed by atoms with van der Waals surface area (Å²) in [6, 6.07) is 9.22. The minimum Gasteiger partial charge on any atom is -0.384 e. The Morgan fingerprint density at radius 2 is 1.81 bits per heavy atom. The van der Waals surface area contributed by atoms with Crippen LogP contribution in [0.25, 0.3) is 0 Å². The number of amides is 1. The minimum absolute atomic E-state index is 0.105. The highest BCUT2D eigenvalue weighted by Gasteiger charge is 2.29. The van der Waals surface area contributed by atoms with Gasteiger partial charge in [-0.2, -0.15) is 13.2 Å². The van der Waals surface area contributed by atoms with Gasteiger partial charge in [0.1, 0.15) is 11.5 Å². The highest BCUT2D eigenvalue weighted by Crippen LogP contribution is 2.29. The number of benzene rings is 1. The zero-order valence-corrected chi connectivity index (χ0v) is 10.8. The molecule has 0 aliphatic heterocycles. The second-order valence-electron chi connectivity index (χ2n) is 4.33. The van der Waals surface area contributed by atoms with Crippen molar-refractivity contribution in [3.63, 3.8) is 0 Å². The van der Waals surface area contributed by atoms with Crippen LogP contribution in [0.3, 0.4) is 0 Å². The molecule has 2 rings (SSSR count). The summed E-state index contributed by atoms with van der Waals surface area (Å²) in [6.07, 6.45) is -4.37. The van der Waals surface area contributed by atoms with Crippen LogP contribution >= 0.6 is 0 Å². The van der Waals surface area contributed by atoms with Gasteiger partial charge in [0, 0.05) is 6.54 Å². The maximum atomic E-state index is 12.4. The van der Waals surface area contributed by atoms with Crippen LogP contribution in [-0.4, -0.2) is 10.9 Å². The van der Waals surface area contributed by atoms with Crippen molar-refractivity contribution >= 4 is 11.7 Å². The van der Waals surface area contributed by atoms with Crippen LogP contribution in [0.4, 0.5) is 19.0 Å². The number of nitrogens with zero attached hydrogens (tertiary/aromatic N) is 1. The van der Waals surface area contributed by atoms with Gasteiger partial charge in [0.15, 0.2) is 0 Å².